The van der Waals surface area contributed by atoms with Gasteiger partial charge in [0.25, 0.3) is 5.56 Å². The van der Waals surface area contributed by atoms with Crippen LogP contribution in [-0.4, -0.2) is 34.9 Å². The summed E-state index contributed by atoms with van der Waals surface area (Å²) >= 11 is 0. The minimum atomic E-state index is -0.698. The first-order valence-corrected chi connectivity index (χ1v) is 8.11. The molecule has 0 radical (unpaired) electrons. The Balaban J connectivity index is 2.16. The maximum Gasteiger partial charge on any atom is 0.344 e. The highest BCUT2D eigenvalue weighted by atomic mass is 16.5. The molecule has 0 atom stereocenters. The van der Waals surface area contributed by atoms with Gasteiger partial charge >= 0.3 is 11.9 Å². The van der Waals surface area contributed by atoms with E-state index in [0.29, 0.717) is 17.7 Å². The molecule has 0 spiro atoms. The van der Waals surface area contributed by atoms with E-state index in [4.69, 9.17) is 9.47 Å². The maximum atomic E-state index is 12.7. The molecule has 0 saturated carbocycles. The van der Waals surface area contributed by atoms with Crippen molar-refractivity contribution < 1.29 is 19.1 Å². The summed E-state index contributed by atoms with van der Waals surface area (Å²) in [6, 6.07) is 7.55. The molecule has 1 heterocycles. The van der Waals surface area contributed by atoms with Gasteiger partial charge in [0.1, 0.15) is 12.1 Å². The van der Waals surface area contributed by atoms with Crippen molar-refractivity contribution in [2.75, 3.05) is 13.2 Å². The summed E-state index contributed by atoms with van der Waals surface area (Å²) in [5, 5.41) is 4.32. The number of carbonyl (C=O) groups is 2. The van der Waals surface area contributed by atoms with E-state index in [1.165, 1.54) is 0 Å². The van der Waals surface area contributed by atoms with Crippen molar-refractivity contribution in [3.8, 4) is 11.3 Å². The van der Waals surface area contributed by atoms with Crippen LogP contribution >= 0.6 is 0 Å². The molecule has 1 aromatic carbocycles. The van der Waals surface area contributed by atoms with E-state index in [2.05, 4.69) is 5.10 Å². The Bertz CT molecular complexity index is 901. The van der Waals surface area contributed by atoms with Gasteiger partial charge in [0, 0.05) is 17.5 Å². The smallest absolute Gasteiger partial charge is 0.344 e. The third-order valence-corrected chi connectivity index (χ3v) is 3.96. The second kappa shape index (κ2) is 6.88. The molecule has 1 aliphatic carbocycles. The van der Waals surface area contributed by atoms with Crippen LogP contribution in [-0.2, 0) is 27.2 Å². The number of hydrogen-bond donors (Lipinski definition) is 0. The van der Waals surface area contributed by atoms with E-state index in [9.17, 15) is 14.4 Å². The topological polar surface area (TPSA) is 87.5 Å². The number of benzene rings is 1. The molecular formula is C18H18N2O5. The second-order valence-electron chi connectivity index (χ2n) is 5.52. The van der Waals surface area contributed by atoms with Gasteiger partial charge in [-0.3, -0.25) is 9.59 Å². The average molecular weight is 342 g/mol. The predicted octanol–water partition coefficient (Wildman–Crippen LogP) is 1.55. The number of aromatic nitrogens is 2. The number of rotatable bonds is 5. The fourth-order valence-corrected chi connectivity index (χ4v) is 2.94. The van der Waals surface area contributed by atoms with Crippen molar-refractivity contribution in [3.63, 3.8) is 0 Å². The number of nitrogens with zero attached hydrogens (tertiary/aromatic N) is 2. The molecule has 0 amide bonds. The lowest BCUT2D eigenvalue weighted by Gasteiger charge is -2.11. The number of hydrogen-bond acceptors (Lipinski definition) is 6. The third-order valence-electron chi connectivity index (χ3n) is 3.96. The fourth-order valence-electron chi connectivity index (χ4n) is 2.94. The Kier molecular flexibility index (Phi) is 4.65. The highest BCUT2D eigenvalue weighted by molar-refractivity contribution is 5.94. The van der Waals surface area contributed by atoms with Gasteiger partial charge in [-0.05, 0) is 19.4 Å². The molecule has 1 aromatic heterocycles. The largest absolute Gasteiger partial charge is 0.465 e. The van der Waals surface area contributed by atoms with Crippen molar-refractivity contribution in [2.45, 2.75) is 26.8 Å². The van der Waals surface area contributed by atoms with Crippen molar-refractivity contribution in [3.05, 3.63) is 51.3 Å². The van der Waals surface area contributed by atoms with Crippen LogP contribution in [0.15, 0.2) is 29.1 Å². The zero-order valence-corrected chi connectivity index (χ0v) is 14.1. The lowest BCUT2D eigenvalue weighted by Crippen LogP contribution is -2.34. The van der Waals surface area contributed by atoms with Gasteiger partial charge in [0.05, 0.1) is 18.9 Å². The monoisotopic (exact) mass is 342 g/mol. The molecule has 7 nitrogen and oxygen atoms in total. The highest BCUT2D eigenvalue weighted by Gasteiger charge is 2.30. The molecule has 3 rings (SSSR count). The molecule has 1 aliphatic rings. The Hall–Kier alpha value is -2.96. The molecule has 0 unspecified atom stereocenters. The third kappa shape index (κ3) is 3.05. The Labute approximate surface area is 144 Å². The predicted molar refractivity (Wildman–Crippen MR) is 89.3 cm³/mol. The standard InChI is InChI=1S/C18H18N2O5/c1-3-24-14(21)10-20-17(22)15(18(23)25-4-2)13-9-11-7-5-6-8-12(11)16(13)19-20/h5-8H,3-4,9-10H2,1-2H3. The first kappa shape index (κ1) is 16.9. The number of fused-ring (bicyclic) bond motifs is 3. The minimum Gasteiger partial charge on any atom is -0.465 e. The Morgan fingerprint density at radius 3 is 2.60 bits per heavy atom. The maximum absolute atomic E-state index is 12.7. The molecule has 0 N–H and O–H groups in total. The molecule has 2 aromatic rings. The van der Waals surface area contributed by atoms with Crippen LogP contribution in [0, 0.1) is 0 Å². The van der Waals surface area contributed by atoms with E-state index >= 15 is 0 Å². The SMILES string of the molecule is CCOC(=O)Cn1nc2c(c(C(=O)OCC)c1=O)Cc1ccccc1-2. The van der Waals surface area contributed by atoms with Gasteiger partial charge in [-0.2, -0.15) is 5.10 Å². The molecule has 0 bridgehead atoms. The highest BCUT2D eigenvalue weighted by Crippen LogP contribution is 2.35. The van der Waals surface area contributed by atoms with E-state index in [1.807, 2.05) is 24.3 Å². The summed E-state index contributed by atoms with van der Waals surface area (Å²) in [5.41, 5.74) is 2.20. The minimum absolute atomic E-state index is 0.0626. The van der Waals surface area contributed by atoms with Gasteiger partial charge in [-0.1, -0.05) is 24.3 Å². The Morgan fingerprint density at radius 2 is 1.88 bits per heavy atom. The molecular weight excluding hydrogens is 324 g/mol. The van der Waals surface area contributed by atoms with Crippen molar-refractivity contribution in [2.24, 2.45) is 0 Å². The lowest BCUT2D eigenvalue weighted by molar-refractivity contribution is -0.144. The Morgan fingerprint density at radius 1 is 1.16 bits per heavy atom. The molecule has 0 fully saturated rings. The number of esters is 2. The first-order chi connectivity index (χ1) is 12.1. The van der Waals surface area contributed by atoms with Gasteiger partial charge in [-0.15, -0.1) is 0 Å². The fraction of sp³-hybridized carbons (Fsp3) is 0.333. The lowest BCUT2D eigenvalue weighted by atomic mass is 10.1. The van der Waals surface area contributed by atoms with Crippen LogP contribution in [0.25, 0.3) is 11.3 Å². The second-order valence-corrected chi connectivity index (χ2v) is 5.52. The van der Waals surface area contributed by atoms with Crippen LogP contribution in [0.5, 0.6) is 0 Å². The van der Waals surface area contributed by atoms with Crippen molar-refractivity contribution in [1.29, 1.82) is 0 Å². The van der Waals surface area contributed by atoms with Crippen LogP contribution in [0.3, 0.4) is 0 Å². The number of carbonyl (C=O) groups excluding carboxylic acids is 2. The van der Waals surface area contributed by atoms with Crippen LogP contribution in [0.2, 0.25) is 0 Å². The van der Waals surface area contributed by atoms with E-state index < -0.39 is 17.5 Å². The summed E-state index contributed by atoms with van der Waals surface area (Å²) in [6.45, 7) is 3.35. The molecule has 0 aliphatic heterocycles. The van der Waals surface area contributed by atoms with E-state index in [1.54, 1.807) is 13.8 Å². The van der Waals surface area contributed by atoms with E-state index in [-0.39, 0.29) is 25.3 Å². The van der Waals surface area contributed by atoms with Crippen molar-refractivity contribution in [1.82, 2.24) is 9.78 Å². The summed E-state index contributed by atoms with van der Waals surface area (Å²) in [4.78, 5) is 36.9. The molecule has 25 heavy (non-hydrogen) atoms. The first-order valence-electron chi connectivity index (χ1n) is 8.11. The average Bonchev–Trinajstić information content (AvgIpc) is 2.94. The zero-order chi connectivity index (χ0) is 18.0. The van der Waals surface area contributed by atoms with Crippen molar-refractivity contribution >= 4 is 11.9 Å². The van der Waals surface area contributed by atoms with Crippen LogP contribution in [0.4, 0.5) is 0 Å². The summed E-state index contributed by atoms with van der Waals surface area (Å²) in [7, 11) is 0. The molecule has 0 saturated heterocycles. The summed E-state index contributed by atoms with van der Waals surface area (Å²) in [6.07, 6.45) is 0.433. The van der Waals surface area contributed by atoms with Gasteiger partial charge in [0.15, 0.2) is 0 Å². The van der Waals surface area contributed by atoms with Gasteiger partial charge in [0.2, 0.25) is 0 Å². The van der Waals surface area contributed by atoms with Gasteiger partial charge in [-0.25, -0.2) is 9.48 Å². The van der Waals surface area contributed by atoms with Crippen LogP contribution in [0.1, 0.15) is 35.3 Å². The molecule has 7 heteroatoms. The van der Waals surface area contributed by atoms with Crippen LogP contribution < -0.4 is 5.56 Å². The summed E-state index contributed by atoms with van der Waals surface area (Å²) < 4.78 is 10.9. The quantitative estimate of drug-likeness (QED) is 0.654. The number of ether oxygens (including phenoxy) is 2. The molecule has 130 valence electrons. The van der Waals surface area contributed by atoms with Gasteiger partial charge < -0.3 is 9.47 Å². The van der Waals surface area contributed by atoms with E-state index in [0.717, 1.165) is 15.8 Å². The normalized spacial score (nSPS) is 11.6. The summed E-state index contributed by atoms with van der Waals surface area (Å²) in [5.74, 6) is -1.28. The zero-order valence-electron chi connectivity index (χ0n) is 14.1.